The van der Waals surface area contributed by atoms with E-state index in [1.807, 2.05) is 19.1 Å². The van der Waals surface area contributed by atoms with Crippen LogP contribution in [0, 0.1) is 6.92 Å². The summed E-state index contributed by atoms with van der Waals surface area (Å²) in [5, 5.41) is 0. The van der Waals surface area contributed by atoms with Crippen molar-refractivity contribution >= 4 is 17.6 Å². The molecule has 3 nitrogen and oxygen atoms in total. The molecule has 0 N–H and O–H groups in total. The number of ether oxygens (including phenoxy) is 2. The summed E-state index contributed by atoms with van der Waals surface area (Å²) in [6, 6.07) is 5.59. The van der Waals surface area contributed by atoms with E-state index in [0.29, 0.717) is 11.6 Å². The molecule has 0 atom stereocenters. The average Bonchev–Trinajstić information content (AvgIpc) is 2.25. The lowest BCUT2D eigenvalue weighted by atomic mass is 10.1. The third-order valence-corrected chi connectivity index (χ3v) is 2.34. The van der Waals surface area contributed by atoms with Crippen molar-refractivity contribution < 1.29 is 14.3 Å². The summed E-state index contributed by atoms with van der Waals surface area (Å²) in [5.41, 5.74) is 1.95. The van der Waals surface area contributed by atoms with Gasteiger partial charge in [-0.1, -0.05) is 12.1 Å². The summed E-state index contributed by atoms with van der Waals surface area (Å²) >= 11 is 5.79. The molecule has 0 fully saturated rings. The van der Waals surface area contributed by atoms with Gasteiger partial charge in [0, 0.05) is 5.56 Å². The number of hydrogen-bond acceptors (Lipinski definition) is 3. The summed E-state index contributed by atoms with van der Waals surface area (Å²) in [6.07, 6.45) is 0. The maximum absolute atomic E-state index is 10.9. The van der Waals surface area contributed by atoms with Gasteiger partial charge in [-0.25, -0.2) is 4.79 Å². The Labute approximate surface area is 93.9 Å². The van der Waals surface area contributed by atoms with Gasteiger partial charge in [-0.3, -0.25) is 0 Å². The number of esters is 1. The first-order valence-electron chi connectivity index (χ1n) is 4.53. The summed E-state index contributed by atoms with van der Waals surface area (Å²) in [6.45, 7) is 1.85. The molecular formula is C11H13ClO3. The molecule has 0 amide bonds. The van der Waals surface area contributed by atoms with Crippen molar-refractivity contribution in [2.45, 2.75) is 12.8 Å². The van der Waals surface area contributed by atoms with Crippen LogP contribution >= 0.6 is 11.6 Å². The molecule has 1 aromatic carbocycles. The van der Waals surface area contributed by atoms with Gasteiger partial charge in [0.15, 0.2) is 6.61 Å². The molecule has 0 saturated heterocycles. The Bertz CT molecular complexity index is 350. The average molecular weight is 229 g/mol. The lowest BCUT2D eigenvalue weighted by Crippen LogP contribution is -2.13. The molecule has 0 radical (unpaired) electrons. The number of rotatable bonds is 4. The standard InChI is InChI=1S/C11H13ClO3/c1-8-4-3-5-10(9(8)6-12)15-7-11(13)14-2/h3-5H,6-7H2,1-2H3. The zero-order valence-electron chi connectivity index (χ0n) is 8.75. The number of carbonyl (C=O) groups excluding carboxylic acids is 1. The van der Waals surface area contributed by atoms with Crippen molar-refractivity contribution in [3.8, 4) is 5.75 Å². The molecule has 0 unspecified atom stereocenters. The highest BCUT2D eigenvalue weighted by Crippen LogP contribution is 2.23. The van der Waals surface area contributed by atoms with Crippen LogP contribution in [-0.4, -0.2) is 19.7 Å². The minimum Gasteiger partial charge on any atom is -0.482 e. The van der Waals surface area contributed by atoms with Crippen molar-refractivity contribution in [2.75, 3.05) is 13.7 Å². The molecule has 0 aliphatic rings. The molecular weight excluding hydrogens is 216 g/mol. The van der Waals surface area contributed by atoms with Gasteiger partial charge in [0.1, 0.15) is 5.75 Å². The number of carbonyl (C=O) groups is 1. The van der Waals surface area contributed by atoms with Gasteiger partial charge >= 0.3 is 5.97 Å². The summed E-state index contributed by atoms with van der Waals surface area (Å²) in [7, 11) is 1.32. The highest BCUT2D eigenvalue weighted by atomic mass is 35.5. The zero-order valence-corrected chi connectivity index (χ0v) is 9.50. The monoisotopic (exact) mass is 228 g/mol. The second-order valence-electron chi connectivity index (χ2n) is 3.05. The van der Waals surface area contributed by atoms with Crippen molar-refractivity contribution in [3.63, 3.8) is 0 Å². The van der Waals surface area contributed by atoms with E-state index in [0.717, 1.165) is 11.1 Å². The molecule has 15 heavy (non-hydrogen) atoms. The Morgan fingerprint density at radius 3 is 2.80 bits per heavy atom. The first-order valence-corrected chi connectivity index (χ1v) is 5.06. The maximum atomic E-state index is 10.9. The lowest BCUT2D eigenvalue weighted by molar-refractivity contribution is -0.142. The molecule has 0 aliphatic heterocycles. The first-order chi connectivity index (χ1) is 7.19. The highest BCUT2D eigenvalue weighted by Gasteiger charge is 2.07. The molecule has 82 valence electrons. The number of benzene rings is 1. The second kappa shape index (κ2) is 5.61. The molecule has 0 aromatic heterocycles. The van der Waals surface area contributed by atoms with Crippen LogP contribution in [0.15, 0.2) is 18.2 Å². The molecule has 0 aliphatic carbocycles. The van der Waals surface area contributed by atoms with Crippen molar-refractivity contribution in [1.29, 1.82) is 0 Å². The predicted molar refractivity (Wildman–Crippen MR) is 58.2 cm³/mol. The maximum Gasteiger partial charge on any atom is 0.343 e. The molecule has 1 rings (SSSR count). The van der Waals surface area contributed by atoms with Crippen LogP contribution in [0.2, 0.25) is 0 Å². The van der Waals surface area contributed by atoms with E-state index >= 15 is 0 Å². The fraction of sp³-hybridized carbons (Fsp3) is 0.364. The molecule has 0 spiro atoms. The Kier molecular flexibility index (Phi) is 4.43. The van der Waals surface area contributed by atoms with Gasteiger partial charge in [-0.15, -0.1) is 11.6 Å². The van der Waals surface area contributed by atoms with Gasteiger partial charge in [0.05, 0.1) is 13.0 Å². The van der Waals surface area contributed by atoms with Gasteiger partial charge in [-0.05, 0) is 18.6 Å². The topological polar surface area (TPSA) is 35.5 Å². The Morgan fingerprint density at radius 2 is 2.20 bits per heavy atom. The fourth-order valence-corrected chi connectivity index (χ4v) is 1.52. The van der Waals surface area contributed by atoms with E-state index < -0.39 is 5.97 Å². The van der Waals surface area contributed by atoms with Gasteiger partial charge in [-0.2, -0.15) is 0 Å². The summed E-state index contributed by atoms with van der Waals surface area (Å²) in [5.74, 6) is 0.593. The minimum absolute atomic E-state index is 0.0934. The Hall–Kier alpha value is -1.22. The number of aryl methyl sites for hydroxylation is 1. The smallest absolute Gasteiger partial charge is 0.343 e. The number of methoxy groups -OCH3 is 1. The number of hydrogen-bond donors (Lipinski definition) is 0. The minimum atomic E-state index is -0.406. The molecule has 0 bridgehead atoms. The summed E-state index contributed by atoms with van der Waals surface area (Å²) in [4.78, 5) is 10.9. The highest BCUT2D eigenvalue weighted by molar-refractivity contribution is 6.17. The SMILES string of the molecule is COC(=O)COc1cccc(C)c1CCl. The fourth-order valence-electron chi connectivity index (χ4n) is 1.18. The molecule has 1 aromatic rings. The van der Waals surface area contributed by atoms with E-state index in [1.54, 1.807) is 6.07 Å². The zero-order chi connectivity index (χ0) is 11.3. The Morgan fingerprint density at radius 1 is 1.47 bits per heavy atom. The van der Waals surface area contributed by atoms with Crippen LogP contribution in [0.3, 0.4) is 0 Å². The van der Waals surface area contributed by atoms with E-state index in [-0.39, 0.29) is 6.61 Å². The predicted octanol–water partition coefficient (Wildman–Crippen LogP) is 2.29. The third-order valence-electron chi connectivity index (χ3n) is 2.07. The van der Waals surface area contributed by atoms with E-state index in [2.05, 4.69) is 4.74 Å². The van der Waals surface area contributed by atoms with Crippen LogP contribution in [0.1, 0.15) is 11.1 Å². The van der Waals surface area contributed by atoms with Crippen molar-refractivity contribution in [2.24, 2.45) is 0 Å². The van der Waals surface area contributed by atoms with Crippen LogP contribution in [-0.2, 0) is 15.4 Å². The molecule has 0 heterocycles. The summed E-state index contributed by atoms with van der Waals surface area (Å²) < 4.78 is 9.78. The lowest BCUT2D eigenvalue weighted by Gasteiger charge is -2.10. The molecule has 0 saturated carbocycles. The van der Waals surface area contributed by atoms with Crippen LogP contribution in [0.5, 0.6) is 5.75 Å². The van der Waals surface area contributed by atoms with Gasteiger partial charge in [0.2, 0.25) is 0 Å². The number of alkyl halides is 1. The number of halogens is 1. The van der Waals surface area contributed by atoms with Crippen LogP contribution in [0.4, 0.5) is 0 Å². The van der Waals surface area contributed by atoms with Crippen molar-refractivity contribution in [3.05, 3.63) is 29.3 Å². The first kappa shape index (κ1) is 11.9. The Balaban J connectivity index is 2.76. The van der Waals surface area contributed by atoms with E-state index in [9.17, 15) is 4.79 Å². The van der Waals surface area contributed by atoms with Crippen LogP contribution in [0.25, 0.3) is 0 Å². The largest absolute Gasteiger partial charge is 0.482 e. The van der Waals surface area contributed by atoms with Crippen molar-refractivity contribution in [1.82, 2.24) is 0 Å². The van der Waals surface area contributed by atoms with Gasteiger partial charge in [0.25, 0.3) is 0 Å². The quantitative estimate of drug-likeness (QED) is 0.586. The van der Waals surface area contributed by atoms with Gasteiger partial charge < -0.3 is 9.47 Å². The third kappa shape index (κ3) is 3.13. The molecule has 4 heteroatoms. The van der Waals surface area contributed by atoms with E-state index in [4.69, 9.17) is 16.3 Å². The van der Waals surface area contributed by atoms with E-state index in [1.165, 1.54) is 7.11 Å². The van der Waals surface area contributed by atoms with Crippen LogP contribution < -0.4 is 4.74 Å². The second-order valence-corrected chi connectivity index (χ2v) is 3.32. The normalized spacial score (nSPS) is 9.80.